The summed E-state index contributed by atoms with van der Waals surface area (Å²) < 4.78 is 2.69. The summed E-state index contributed by atoms with van der Waals surface area (Å²) in [5.74, 6) is 0. The zero-order valence-corrected chi connectivity index (χ0v) is 9.98. The molecular formula is C10H11BrN4. The molecule has 2 aromatic heterocycles. The van der Waals surface area contributed by atoms with Crippen molar-refractivity contribution < 1.29 is 0 Å². The lowest BCUT2D eigenvalue weighted by Gasteiger charge is -2.03. The first kappa shape index (κ1) is 10.3. The van der Waals surface area contributed by atoms with Gasteiger partial charge in [-0.15, -0.1) is 5.10 Å². The molecule has 0 aliphatic rings. The number of hydrogen-bond donors (Lipinski definition) is 0. The highest BCUT2D eigenvalue weighted by Crippen LogP contribution is 2.17. The van der Waals surface area contributed by atoms with Crippen LogP contribution in [-0.4, -0.2) is 20.0 Å². The van der Waals surface area contributed by atoms with Crippen molar-refractivity contribution in [3.63, 3.8) is 0 Å². The third kappa shape index (κ3) is 2.23. The van der Waals surface area contributed by atoms with Crippen LogP contribution in [0.15, 0.2) is 29.0 Å². The highest BCUT2D eigenvalue weighted by atomic mass is 79.9. The molecule has 0 N–H and O–H groups in total. The molecule has 0 amide bonds. The standard InChI is InChI=1S/C10H11BrN4/c1-2-6-15-9(7-12-14-15)8-4-3-5-10(11)13-8/h3-5,7H,2,6H2,1H3. The predicted molar refractivity (Wildman–Crippen MR) is 61.2 cm³/mol. The largest absolute Gasteiger partial charge is 0.243 e. The summed E-state index contributed by atoms with van der Waals surface area (Å²) in [5, 5.41) is 7.93. The van der Waals surface area contributed by atoms with Gasteiger partial charge in [0, 0.05) is 6.54 Å². The van der Waals surface area contributed by atoms with E-state index in [2.05, 4.69) is 38.1 Å². The van der Waals surface area contributed by atoms with Crippen molar-refractivity contribution in [1.29, 1.82) is 0 Å². The Morgan fingerprint density at radius 2 is 2.27 bits per heavy atom. The number of halogens is 1. The first-order valence-electron chi connectivity index (χ1n) is 4.82. The van der Waals surface area contributed by atoms with E-state index in [4.69, 9.17) is 0 Å². The van der Waals surface area contributed by atoms with Gasteiger partial charge >= 0.3 is 0 Å². The Morgan fingerprint density at radius 3 is 3.00 bits per heavy atom. The first-order valence-corrected chi connectivity index (χ1v) is 5.62. The maximum absolute atomic E-state index is 4.37. The van der Waals surface area contributed by atoms with Crippen molar-refractivity contribution in [3.05, 3.63) is 29.0 Å². The Labute approximate surface area is 96.5 Å². The molecule has 0 aromatic carbocycles. The Bertz CT molecular complexity index is 452. The molecule has 2 heterocycles. The van der Waals surface area contributed by atoms with Gasteiger partial charge in [0.1, 0.15) is 10.3 Å². The van der Waals surface area contributed by atoms with Gasteiger partial charge in [-0.3, -0.25) is 0 Å². The molecule has 2 rings (SSSR count). The molecule has 0 bridgehead atoms. The summed E-state index contributed by atoms with van der Waals surface area (Å²) in [7, 11) is 0. The van der Waals surface area contributed by atoms with Gasteiger partial charge < -0.3 is 0 Å². The second-order valence-electron chi connectivity index (χ2n) is 3.19. The summed E-state index contributed by atoms with van der Waals surface area (Å²) in [5.41, 5.74) is 1.85. The normalized spacial score (nSPS) is 10.5. The number of aryl methyl sites for hydroxylation is 1. The molecule has 0 radical (unpaired) electrons. The number of pyridine rings is 1. The molecule has 5 heteroatoms. The van der Waals surface area contributed by atoms with E-state index in [-0.39, 0.29) is 0 Å². The lowest BCUT2D eigenvalue weighted by Crippen LogP contribution is -2.02. The van der Waals surface area contributed by atoms with Crippen LogP contribution in [0, 0.1) is 0 Å². The number of aromatic nitrogens is 4. The van der Waals surface area contributed by atoms with Crippen LogP contribution < -0.4 is 0 Å². The minimum atomic E-state index is 0.823. The predicted octanol–water partition coefficient (Wildman–Crippen LogP) is 2.51. The van der Waals surface area contributed by atoms with Crippen LogP contribution >= 0.6 is 15.9 Å². The van der Waals surface area contributed by atoms with Gasteiger partial charge in [-0.25, -0.2) is 9.67 Å². The van der Waals surface area contributed by atoms with Gasteiger partial charge in [-0.05, 0) is 34.5 Å². The van der Waals surface area contributed by atoms with Crippen LogP contribution in [-0.2, 0) is 6.54 Å². The van der Waals surface area contributed by atoms with Crippen LogP contribution in [0.3, 0.4) is 0 Å². The topological polar surface area (TPSA) is 43.6 Å². The maximum Gasteiger partial charge on any atom is 0.107 e. The fourth-order valence-electron chi connectivity index (χ4n) is 1.38. The Hall–Kier alpha value is -1.23. The molecule has 0 unspecified atom stereocenters. The van der Waals surface area contributed by atoms with Crippen molar-refractivity contribution in [2.24, 2.45) is 0 Å². The van der Waals surface area contributed by atoms with E-state index >= 15 is 0 Å². The van der Waals surface area contributed by atoms with Crippen LogP contribution in [0.25, 0.3) is 11.4 Å². The summed E-state index contributed by atoms with van der Waals surface area (Å²) in [6, 6.07) is 5.81. The smallest absolute Gasteiger partial charge is 0.107 e. The first-order chi connectivity index (χ1) is 7.31. The molecule has 78 valence electrons. The van der Waals surface area contributed by atoms with E-state index < -0.39 is 0 Å². The molecule has 0 saturated heterocycles. The van der Waals surface area contributed by atoms with E-state index in [0.717, 1.165) is 29.0 Å². The van der Waals surface area contributed by atoms with Crippen LogP contribution in [0.5, 0.6) is 0 Å². The molecular weight excluding hydrogens is 256 g/mol. The SMILES string of the molecule is CCCn1nncc1-c1cccc(Br)n1. The van der Waals surface area contributed by atoms with Gasteiger partial charge in [-0.2, -0.15) is 0 Å². The molecule has 2 aromatic rings. The number of nitrogens with zero attached hydrogens (tertiary/aromatic N) is 4. The van der Waals surface area contributed by atoms with Crippen molar-refractivity contribution in [1.82, 2.24) is 20.0 Å². The average Bonchev–Trinajstić information content (AvgIpc) is 2.66. The minimum Gasteiger partial charge on any atom is -0.243 e. The van der Waals surface area contributed by atoms with Crippen LogP contribution in [0.2, 0.25) is 0 Å². The van der Waals surface area contributed by atoms with Crippen molar-refractivity contribution in [2.45, 2.75) is 19.9 Å². The second-order valence-corrected chi connectivity index (χ2v) is 4.00. The molecule has 0 atom stereocenters. The monoisotopic (exact) mass is 266 g/mol. The summed E-state index contributed by atoms with van der Waals surface area (Å²) in [6.07, 6.45) is 2.77. The average molecular weight is 267 g/mol. The third-order valence-electron chi connectivity index (χ3n) is 2.03. The van der Waals surface area contributed by atoms with Crippen molar-refractivity contribution >= 4 is 15.9 Å². The van der Waals surface area contributed by atoms with E-state index in [1.165, 1.54) is 0 Å². The van der Waals surface area contributed by atoms with Crippen molar-refractivity contribution in [3.8, 4) is 11.4 Å². The van der Waals surface area contributed by atoms with Gasteiger partial charge in [0.05, 0.1) is 11.9 Å². The lowest BCUT2D eigenvalue weighted by atomic mass is 10.3. The molecule has 0 fully saturated rings. The third-order valence-corrected chi connectivity index (χ3v) is 2.47. The summed E-state index contributed by atoms with van der Waals surface area (Å²) in [4.78, 5) is 4.37. The summed E-state index contributed by atoms with van der Waals surface area (Å²) >= 11 is 3.35. The van der Waals surface area contributed by atoms with Gasteiger partial charge in [0.2, 0.25) is 0 Å². The van der Waals surface area contributed by atoms with Gasteiger partial charge in [0.25, 0.3) is 0 Å². The van der Waals surface area contributed by atoms with E-state index in [1.54, 1.807) is 6.20 Å². The maximum atomic E-state index is 4.37. The van der Waals surface area contributed by atoms with E-state index in [9.17, 15) is 0 Å². The van der Waals surface area contributed by atoms with Crippen LogP contribution in [0.4, 0.5) is 0 Å². The molecule has 15 heavy (non-hydrogen) atoms. The highest BCUT2D eigenvalue weighted by molar-refractivity contribution is 9.10. The Morgan fingerprint density at radius 1 is 1.40 bits per heavy atom. The summed E-state index contributed by atoms with van der Waals surface area (Å²) in [6.45, 7) is 2.98. The van der Waals surface area contributed by atoms with Gasteiger partial charge in [-0.1, -0.05) is 18.2 Å². The van der Waals surface area contributed by atoms with E-state index in [0.29, 0.717) is 0 Å². The molecule has 0 spiro atoms. The lowest BCUT2D eigenvalue weighted by molar-refractivity contribution is 0.583. The number of rotatable bonds is 3. The zero-order chi connectivity index (χ0) is 10.7. The molecule has 4 nitrogen and oxygen atoms in total. The fourth-order valence-corrected chi connectivity index (χ4v) is 1.73. The van der Waals surface area contributed by atoms with Crippen molar-refractivity contribution in [2.75, 3.05) is 0 Å². The molecule has 0 saturated carbocycles. The van der Waals surface area contributed by atoms with E-state index in [1.807, 2.05) is 22.9 Å². The highest BCUT2D eigenvalue weighted by Gasteiger charge is 2.07. The quantitative estimate of drug-likeness (QED) is 0.802. The molecule has 0 aliphatic carbocycles. The van der Waals surface area contributed by atoms with Gasteiger partial charge in [0.15, 0.2) is 0 Å². The zero-order valence-electron chi connectivity index (χ0n) is 8.39. The molecule has 0 aliphatic heterocycles. The second kappa shape index (κ2) is 4.53. The Kier molecular flexibility index (Phi) is 3.11. The fraction of sp³-hybridized carbons (Fsp3) is 0.300. The Balaban J connectivity index is 2.40. The minimum absolute atomic E-state index is 0.823. The number of hydrogen-bond acceptors (Lipinski definition) is 3. The van der Waals surface area contributed by atoms with Crippen LogP contribution in [0.1, 0.15) is 13.3 Å².